The third kappa shape index (κ3) is 5.32. The molecule has 1 aliphatic heterocycles. The lowest BCUT2D eigenvalue weighted by Gasteiger charge is -2.11. The van der Waals surface area contributed by atoms with Crippen molar-refractivity contribution >= 4 is 42.0 Å². The van der Waals surface area contributed by atoms with E-state index < -0.39 is 0 Å². The number of nitrogens with zero attached hydrogens (tertiary/aromatic N) is 5. The van der Waals surface area contributed by atoms with Crippen LogP contribution in [0.25, 0.3) is 10.8 Å². The molecule has 0 aliphatic carbocycles. The second-order valence-electron chi connectivity index (χ2n) is 5.79. The number of hydrogen-bond acceptors (Lipinski definition) is 8. The van der Waals surface area contributed by atoms with Gasteiger partial charge in [-0.3, -0.25) is 0 Å². The van der Waals surface area contributed by atoms with Gasteiger partial charge in [-0.25, -0.2) is 24.9 Å². The van der Waals surface area contributed by atoms with Crippen molar-refractivity contribution in [2.45, 2.75) is 19.3 Å². The van der Waals surface area contributed by atoms with E-state index in [2.05, 4.69) is 40.9 Å². The Balaban J connectivity index is 0.00000131. The molecule has 0 radical (unpaired) electrons. The summed E-state index contributed by atoms with van der Waals surface area (Å²) in [6.45, 7) is 2.74. The first-order valence-electron chi connectivity index (χ1n) is 8.39. The molecule has 1 aliphatic rings. The number of fused-ring (bicyclic) bond motifs is 1. The highest BCUT2D eigenvalue weighted by atomic mass is 35.5. The van der Waals surface area contributed by atoms with Crippen LogP contribution in [0, 0.1) is 0 Å². The van der Waals surface area contributed by atoms with Gasteiger partial charge in [-0.2, -0.15) is 0 Å². The van der Waals surface area contributed by atoms with Crippen molar-refractivity contribution < 1.29 is 0 Å². The van der Waals surface area contributed by atoms with Gasteiger partial charge in [0, 0.05) is 49.3 Å². The molecule has 0 spiro atoms. The molecule has 3 aromatic rings. The smallest absolute Gasteiger partial charge is 0.188 e. The third-order valence-corrected chi connectivity index (χ3v) is 4.99. The van der Waals surface area contributed by atoms with Gasteiger partial charge >= 0.3 is 0 Å². The lowest BCUT2D eigenvalue weighted by atomic mass is 10.1. The molecule has 0 bridgehead atoms. The molecule has 3 aromatic heterocycles. The predicted molar refractivity (Wildman–Crippen MR) is 112 cm³/mol. The molecule has 10 heteroatoms. The summed E-state index contributed by atoms with van der Waals surface area (Å²) in [5, 5.41) is 9.78. The van der Waals surface area contributed by atoms with Crippen LogP contribution in [0.4, 0.5) is 5.82 Å². The Morgan fingerprint density at radius 3 is 2.70 bits per heavy atom. The van der Waals surface area contributed by atoms with Gasteiger partial charge < -0.3 is 10.6 Å². The first-order valence-corrected chi connectivity index (χ1v) is 9.27. The minimum atomic E-state index is 0. The van der Waals surface area contributed by atoms with E-state index in [0.717, 1.165) is 61.1 Å². The SMILES string of the molecule is Cl.Cl.c1cnc(-c2nc(CCNc3ncnc4c3CCNCC4)cs2)nc1. The van der Waals surface area contributed by atoms with Crippen molar-refractivity contribution in [3.05, 3.63) is 47.1 Å². The molecule has 7 nitrogen and oxygen atoms in total. The summed E-state index contributed by atoms with van der Waals surface area (Å²) in [5.74, 6) is 1.64. The second kappa shape index (κ2) is 10.5. The van der Waals surface area contributed by atoms with Crippen LogP contribution >= 0.6 is 36.2 Å². The van der Waals surface area contributed by atoms with Crippen molar-refractivity contribution in [1.29, 1.82) is 0 Å². The highest BCUT2D eigenvalue weighted by Gasteiger charge is 2.14. The Bertz CT molecular complexity index is 844. The number of anilines is 1. The van der Waals surface area contributed by atoms with Crippen molar-refractivity contribution in [3.8, 4) is 10.8 Å². The Morgan fingerprint density at radius 1 is 1.04 bits per heavy atom. The quantitative estimate of drug-likeness (QED) is 0.648. The molecule has 4 heterocycles. The maximum absolute atomic E-state index is 4.62. The average Bonchev–Trinajstić information content (AvgIpc) is 2.99. The van der Waals surface area contributed by atoms with Crippen LogP contribution in [0.5, 0.6) is 0 Å². The highest BCUT2D eigenvalue weighted by molar-refractivity contribution is 7.13. The fourth-order valence-electron chi connectivity index (χ4n) is 2.87. The number of halogens is 2. The lowest BCUT2D eigenvalue weighted by molar-refractivity contribution is 0.708. The molecule has 0 aromatic carbocycles. The molecule has 0 amide bonds. The Morgan fingerprint density at radius 2 is 1.85 bits per heavy atom. The van der Waals surface area contributed by atoms with Gasteiger partial charge in [0.05, 0.1) is 11.4 Å². The van der Waals surface area contributed by atoms with Gasteiger partial charge in [-0.15, -0.1) is 36.2 Å². The number of thiazole rings is 1. The van der Waals surface area contributed by atoms with E-state index in [4.69, 9.17) is 0 Å². The van der Waals surface area contributed by atoms with Gasteiger partial charge in [0.25, 0.3) is 0 Å². The van der Waals surface area contributed by atoms with Crippen LogP contribution in [0.1, 0.15) is 17.0 Å². The first-order chi connectivity index (χ1) is 12.4. The van der Waals surface area contributed by atoms with Crippen LogP contribution in [-0.2, 0) is 19.3 Å². The summed E-state index contributed by atoms with van der Waals surface area (Å²) in [6, 6.07) is 1.81. The van der Waals surface area contributed by atoms with Crippen LogP contribution in [0.2, 0.25) is 0 Å². The van der Waals surface area contributed by atoms with Crippen LogP contribution in [-0.4, -0.2) is 44.6 Å². The van der Waals surface area contributed by atoms with Crippen molar-refractivity contribution in [2.75, 3.05) is 25.0 Å². The van der Waals surface area contributed by atoms with Gasteiger partial charge in [0.2, 0.25) is 0 Å². The lowest BCUT2D eigenvalue weighted by Crippen LogP contribution is -2.16. The Labute approximate surface area is 174 Å². The van der Waals surface area contributed by atoms with Crippen molar-refractivity contribution in [3.63, 3.8) is 0 Å². The Hall–Kier alpha value is -1.87. The number of aromatic nitrogens is 5. The molecule has 144 valence electrons. The minimum absolute atomic E-state index is 0. The van der Waals surface area contributed by atoms with Crippen LogP contribution < -0.4 is 10.6 Å². The molecule has 0 saturated heterocycles. The molecule has 0 fully saturated rings. The van der Waals surface area contributed by atoms with E-state index in [1.807, 2.05) is 6.07 Å². The summed E-state index contributed by atoms with van der Waals surface area (Å²) in [7, 11) is 0. The molecule has 27 heavy (non-hydrogen) atoms. The zero-order valence-electron chi connectivity index (χ0n) is 14.6. The van der Waals surface area contributed by atoms with E-state index in [-0.39, 0.29) is 24.8 Å². The first kappa shape index (κ1) is 21.4. The molecule has 0 atom stereocenters. The third-order valence-electron chi connectivity index (χ3n) is 4.11. The summed E-state index contributed by atoms with van der Waals surface area (Å²) in [5.41, 5.74) is 3.44. The molecule has 4 rings (SSSR count). The predicted octanol–water partition coefficient (Wildman–Crippen LogP) is 2.58. The van der Waals surface area contributed by atoms with Gasteiger partial charge in [-0.05, 0) is 19.0 Å². The van der Waals surface area contributed by atoms with Gasteiger partial charge in [-0.1, -0.05) is 0 Å². The van der Waals surface area contributed by atoms with Crippen molar-refractivity contribution in [2.24, 2.45) is 0 Å². The normalized spacial score (nSPS) is 12.9. The zero-order valence-corrected chi connectivity index (χ0v) is 17.0. The molecular formula is C17H21Cl2N7S. The zero-order chi connectivity index (χ0) is 16.9. The van der Waals surface area contributed by atoms with Crippen LogP contribution in [0.15, 0.2) is 30.2 Å². The summed E-state index contributed by atoms with van der Waals surface area (Å²) in [6.07, 6.45) is 7.88. The second-order valence-corrected chi connectivity index (χ2v) is 6.65. The van der Waals surface area contributed by atoms with E-state index in [1.54, 1.807) is 30.1 Å². The van der Waals surface area contributed by atoms with E-state index in [1.165, 1.54) is 5.56 Å². The number of nitrogens with one attached hydrogen (secondary N) is 2. The van der Waals surface area contributed by atoms with E-state index in [9.17, 15) is 0 Å². The monoisotopic (exact) mass is 425 g/mol. The molecule has 2 N–H and O–H groups in total. The minimum Gasteiger partial charge on any atom is -0.369 e. The number of hydrogen-bond donors (Lipinski definition) is 2. The Kier molecular flexibility index (Phi) is 8.30. The maximum Gasteiger partial charge on any atom is 0.188 e. The van der Waals surface area contributed by atoms with E-state index in [0.29, 0.717) is 5.82 Å². The molecular weight excluding hydrogens is 405 g/mol. The largest absolute Gasteiger partial charge is 0.369 e. The summed E-state index contributed by atoms with van der Waals surface area (Å²) in [4.78, 5) is 22.0. The summed E-state index contributed by atoms with van der Waals surface area (Å²) >= 11 is 1.58. The number of rotatable bonds is 5. The van der Waals surface area contributed by atoms with E-state index >= 15 is 0 Å². The van der Waals surface area contributed by atoms with Crippen LogP contribution in [0.3, 0.4) is 0 Å². The van der Waals surface area contributed by atoms with Gasteiger partial charge in [0.1, 0.15) is 12.1 Å². The maximum atomic E-state index is 4.62. The topological polar surface area (TPSA) is 88.5 Å². The standard InChI is InChI=1S/C17H19N7S.2ClH/c1-5-19-16(20-6-1)17-24-12(10-25-17)2-9-21-15-13-3-7-18-8-4-14(13)22-11-23-15;;/h1,5-6,10-11,18H,2-4,7-9H2,(H,21,22,23);2*1H. The summed E-state index contributed by atoms with van der Waals surface area (Å²) < 4.78 is 0. The molecule has 0 saturated carbocycles. The fraction of sp³-hybridized carbons (Fsp3) is 0.353. The highest BCUT2D eigenvalue weighted by Crippen LogP contribution is 2.21. The van der Waals surface area contributed by atoms with Gasteiger partial charge in [0.15, 0.2) is 10.8 Å². The fourth-order valence-corrected chi connectivity index (χ4v) is 3.67. The van der Waals surface area contributed by atoms with Crippen molar-refractivity contribution in [1.82, 2.24) is 30.2 Å². The molecule has 0 unspecified atom stereocenters. The average molecular weight is 426 g/mol.